The van der Waals surface area contributed by atoms with Gasteiger partial charge in [0.15, 0.2) is 0 Å². The fourth-order valence-corrected chi connectivity index (χ4v) is 3.61. The van der Waals surface area contributed by atoms with Gasteiger partial charge in [0.05, 0.1) is 35.8 Å². The van der Waals surface area contributed by atoms with Crippen LogP contribution in [0.4, 0.5) is 28.8 Å². The number of fused-ring (bicyclic) bond motifs is 1. The summed E-state index contributed by atoms with van der Waals surface area (Å²) in [5.74, 6) is 1.24. The van der Waals surface area contributed by atoms with E-state index in [1.165, 1.54) is 0 Å². The molecule has 1 saturated heterocycles. The predicted molar refractivity (Wildman–Crippen MR) is 120 cm³/mol. The van der Waals surface area contributed by atoms with E-state index in [2.05, 4.69) is 48.7 Å². The van der Waals surface area contributed by atoms with Gasteiger partial charge >= 0.3 is 0 Å². The molecule has 7 heteroatoms. The molecule has 1 aliphatic rings. The first-order valence-corrected chi connectivity index (χ1v) is 9.99. The lowest BCUT2D eigenvalue weighted by molar-refractivity contribution is 0.123. The van der Waals surface area contributed by atoms with Crippen LogP contribution in [0.25, 0.3) is 10.9 Å². The summed E-state index contributed by atoms with van der Waals surface area (Å²) in [5.41, 5.74) is 3.92. The molecule has 7 nitrogen and oxygen atoms in total. The summed E-state index contributed by atoms with van der Waals surface area (Å²) in [4.78, 5) is 15.8. The SMILES string of the molecule is c1ccc(N2CCOCC2)c(Nc2ccnc(Nc3cccc4cccnc34)n2)c1. The molecule has 0 atom stereocenters. The van der Waals surface area contributed by atoms with Crippen LogP contribution in [0.5, 0.6) is 0 Å². The Bertz CT molecular complexity index is 1150. The summed E-state index contributed by atoms with van der Waals surface area (Å²) >= 11 is 0. The van der Waals surface area contributed by atoms with Crippen LogP contribution >= 0.6 is 0 Å². The highest BCUT2D eigenvalue weighted by Gasteiger charge is 2.15. The number of anilines is 5. The number of ether oxygens (including phenoxy) is 1. The van der Waals surface area contributed by atoms with E-state index in [0.29, 0.717) is 5.95 Å². The van der Waals surface area contributed by atoms with Gasteiger partial charge in [-0.1, -0.05) is 30.3 Å². The molecule has 2 N–H and O–H groups in total. The van der Waals surface area contributed by atoms with Crippen LogP contribution in [-0.2, 0) is 4.74 Å². The quantitative estimate of drug-likeness (QED) is 0.518. The number of para-hydroxylation sites is 3. The number of hydrogen-bond acceptors (Lipinski definition) is 7. The lowest BCUT2D eigenvalue weighted by atomic mass is 10.2. The molecular formula is C23H22N6O. The van der Waals surface area contributed by atoms with Crippen molar-refractivity contribution in [2.75, 3.05) is 41.8 Å². The molecule has 0 amide bonds. The molecule has 1 aliphatic heterocycles. The first-order valence-electron chi connectivity index (χ1n) is 9.99. The number of nitrogens with zero attached hydrogens (tertiary/aromatic N) is 4. The normalized spacial score (nSPS) is 13.9. The lowest BCUT2D eigenvalue weighted by Crippen LogP contribution is -2.36. The van der Waals surface area contributed by atoms with E-state index in [0.717, 1.165) is 60.1 Å². The van der Waals surface area contributed by atoms with Gasteiger partial charge in [-0.15, -0.1) is 0 Å². The Morgan fingerprint density at radius 3 is 2.53 bits per heavy atom. The fourth-order valence-electron chi connectivity index (χ4n) is 3.61. The van der Waals surface area contributed by atoms with Crippen LogP contribution in [0.1, 0.15) is 0 Å². The Morgan fingerprint density at radius 1 is 0.767 bits per heavy atom. The number of aromatic nitrogens is 3. The Kier molecular flexibility index (Phi) is 5.10. The zero-order valence-corrected chi connectivity index (χ0v) is 16.5. The third-order valence-electron chi connectivity index (χ3n) is 5.05. The van der Waals surface area contributed by atoms with Crippen LogP contribution in [0.3, 0.4) is 0 Å². The number of morpholine rings is 1. The average molecular weight is 398 g/mol. The zero-order chi connectivity index (χ0) is 20.2. The third-order valence-corrected chi connectivity index (χ3v) is 5.05. The molecule has 0 spiro atoms. The van der Waals surface area contributed by atoms with Crippen molar-refractivity contribution in [3.05, 3.63) is 73.1 Å². The highest BCUT2D eigenvalue weighted by molar-refractivity contribution is 5.91. The topological polar surface area (TPSA) is 75.2 Å². The Hall–Kier alpha value is -3.71. The van der Waals surface area contributed by atoms with E-state index in [9.17, 15) is 0 Å². The minimum Gasteiger partial charge on any atom is -0.378 e. The number of benzene rings is 2. The molecule has 150 valence electrons. The van der Waals surface area contributed by atoms with Crippen LogP contribution in [0, 0.1) is 0 Å². The van der Waals surface area contributed by atoms with Gasteiger partial charge in [0.25, 0.3) is 0 Å². The van der Waals surface area contributed by atoms with Crippen molar-refractivity contribution in [1.82, 2.24) is 15.0 Å². The molecule has 5 rings (SSSR count). The molecule has 30 heavy (non-hydrogen) atoms. The van der Waals surface area contributed by atoms with E-state index in [1.807, 2.05) is 42.5 Å². The second-order valence-electron chi connectivity index (χ2n) is 7.01. The van der Waals surface area contributed by atoms with Crippen molar-refractivity contribution in [3.63, 3.8) is 0 Å². The molecule has 2 aromatic carbocycles. The zero-order valence-electron chi connectivity index (χ0n) is 16.5. The second kappa shape index (κ2) is 8.34. The minimum atomic E-state index is 0.516. The number of nitrogens with one attached hydrogen (secondary N) is 2. The average Bonchev–Trinajstić information content (AvgIpc) is 2.81. The summed E-state index contributed by atoms with van der Waals surface area (Å²) < 4.78 is 5.49. The van der Waals surface area contributed by atoms with E-state index < -0.39 is 0 Å². The Morgan fingerprint density at radius 2 is 1.60 bits per heavy atom. The summed E-state index contributed by atoms with van der Waals surface area (Å²) in [5, 5.41) is 7.81. The standard InChI is InChI=1S/C23H22N6O/c1-2-9-20(29-13-15-30-16-14-29)18(7-1)26-21-10-12-25-23(28-21)27-19-8-3-5-17-6-4-11-24-22(17)19/h1-12H,13-16H2,(H2,25,26,27,28). The molecule has 0 bridgehead atoms. The van der Waals surface area contributed by atoms with Crippen LogP contribution in [0.15, 0.2) is 73.1 Å². The van der Waals surface area contributed by atoms with Crippen molar-refractivity contribution in [2.24, 2.45) is 0 Å². The smallest absolute Gasteiger partial charge is 0.229 e. The Labute approximate surface area is 174 Å². The molecule has 0 radical (unpaired) electrons. The van der Waals surface area contributed by atoms with Crippen LogP contribution in [-0.4, -0.2) is 41.3 Å². The highest BCUT2D eigenvalue weighted by Crippen LogP contribution is 2.29. The molecule has 0 saturated carbocycles. The monoisotopic (exact) mass is 398 g/mol. The van der Waals surface area contributed by atoms with Gasteiger partial charge in [0, 0.05) is 30.9 Å². The first-order chi connectivity index (χ1) is 14.9. The van der Waals surface area contributed by atoms with Gasteiger partial charge in [0.1, 0.15) is 5.82 Å². The first kappa shape index (κ1) is 18.3. The Balaban J connectivity index is 1.40. The largest absolute Gasteiger partial charge is 0.378 e. The van der Waals surface area contributed by atoms with Gasteiger partial charge in [-0.05, 0) is 30.3 Å². The van der Waals surface area contributed by atoms with Gasteiger partial charge < -0.3 is 20.3 Å². The molecule has 2 aromatic heterocycles. The molecule has 3 heterocycles. The van der Waals surface area contributed by atoms with Crippen molar-refractivity contribution in [3.8, 4) is 0 Å². The molecular weight excluding hydrogens is 376 g/mol. The second-order valence-corrected chi connectivity index (χ2v) is 7.01. The van der Waals surface area contributed by atoms with Gasteiger partial charge in [-0.3, -0.25) is 4.98 Å². The molecule has 4 aromatic rings. The van der Waals surface area contributed by atoms with Crippen molar-refractivity contribution in [1.29, 1.82) is 0 Å². The summed E-state index contributed by atoms with van der Waals surface area (Å²) in [6.45, 7) is 3.25. The predicted octanol–water partition coefficient (Wildman–Crippen LogP) is 4.35. The molecule has 1 fully saturated rings. The van der Waals surface area contributed by atoms with Gasteiger partial charge in [-0.25, -0.2) is 4.98 Å². The number of hydrogen-bond donors (Lipinski definition) is 2. The highest BCUT2D eigenvalue weighted by atomic mass is 16.5. The maximum absolute atomic E-state index is 5.49. The van der Waals surface area contributed by atoms with E-state index in [-0.39, 0.29) is 0 Å². The van der Waals surface area contributed by atoms with Crippen molar-refractivity contribution >= 4 is 39.7 Å². The maximum Gasteiger partial charge on any atom is 0.229 e. The molecule has 0 aliphatic carbocycles. The number of pyridine rings is 1. The van der Waals surface area contributed by atoms with Gasteiger partial charge in [0.2, 0.25) is 5.95 Å². The van der Waals surface area contributed by atoms with Crippen LogP contribution in [0.2, 0.25) is 0 Å². The van der Waals surface area contributed by atoms with Crippen molar-refractivity contribution in [2.45, 2.75) is 0 Å². The lowest BCUT2D eigenvalue weighted by Gasteiger charge is -2.30. The van der Waals surface area contributed by atoms with E-state index >= 15 is 0 Å². The summed E-state index contributed by atoms with van der Waals surface area (Å²) in [7, 11) is 0. The third kappa shape index (κ3) is 3.88. The van der Waals surface area contributed by atoms with Crippen molar-refractivity contribution < 1.29 is 4.74 Å². The van der Waals surface area contributed by atoms with Gasteiger partial charge in [-0.2, -0.15) is 4.98 Å². The fraction of sp³-hybridized carbons (Fsp3) is 0.174. The van der Waals surface area contributed by atoms with E-state index in [1.54, 1.807) is 12.4 Å². The van der Waals surface area contributed by atoms with E-state index in [4.69, 9.17) is 4.74 Å². The number of rotatable bonds is 5. The minimum absolute atomic E-state index is 0.516. The summed E-state index contributed by atoms with van der Waals surface area (Å²) in [6, 6.07) is 20.1. The van der Waals surface area contributed by atoms with Crippen LogP contribution < -0.4 is 15.5 Å². The summed E-state index contributed by atoms with van der Waals surface area (Å²) in [6.07, 6.45) is 3.53. The maximum atomic E-state index is 5.49. The molecule has 0 unspecified atom stereocenters.